The van der Waals surface area contributed by atoms with Crippen LogP contribution in [0.2, 0.25) is 0 Å². The van der Waals surface area contributed by atoms with Gasteiger partial charge >= 0.3 is 0 Å². The highest BCUT2D eigenvalue weighted by atomic mass is 32.2. The zero-order chi connectivity index (χ0) is 15.8. The van der Waals surface area contributed by atoms with Gasteiger partial charge in [0.15, 0.2) is 0 Å². The Morgan fingerprint density at radius 1 is 0.857 bits per heavy atom. The molecular formula is C10H11B2NO6S2. The lowest BCUT2D eigenvalue weighted by molar-refractivity contribution is 0.506. The standard InChI is InChI=1S/C10H11B2NO6S2/c11-18-20(14,15)9-3-1-2-7-8(9)4-6(13)5-10(7)21(16,17)19-12/h1-5H,11-13H2. The number of hydrogen-bond donors (Lipinski definition) is 1. The SMILES string of the molecule is BOS(=O)(=O)c1cc(N)cc2c(S(=O)(=O)OB)cccc12. The van der Waals surface area contributed by atoms with Crippen molar-refractivity contribution in [1.82, 2.24) is 0 Å². The number of nitrogen functional groups attached to an aromatic ring is 1. The highest BCUT2D eigenvalue weighted by Crippen LogP contribution is 2.32. The Labute approximate surface area is 124 Å². The minimum atomic E-state index is -4.03. The first kappa shape index (κ1) is 15.8. The molecule has 2 aromatic carbocycles. The molecule has 0 amide bonds. The van der Waals surface area contributed by atoms with Crippen LogP contribution >= 0.6 is 0 Å². The van der Waals surface area contributed by atoms with E-state index in [1.807, 2.05) is 0 Å². The summed E-state index contributed by atoms with van der Waals surface area (Å²) in [5, 5.41) is 0.333. The van der Waals surface area contributed by atoms with Crippen molar-refractivity contribution in [3.05, 3.63) is 30.3 Å². The van der Waals surface area contributed by atoms with Crippen LogP contribution in [0.15, 0.2) is 40.1 Å². The summed E-state index contributed by atoms with van der Waals surface area (Å²) < 4.78 is 56.7. The van der Waals surface area contributed by atoms with Gasteiger partial charge in [0.2, 0.25) is 0 Å². The first-order valence-corrected chi connectivity index (χ1v) is 8.48. The third kappa shape index (κ3) is 2.77. The summed E-state index contributed by atoms with van der Waals surface area (Å²) >= 11 is 0. The van der Waals surface area contributed by atoms with Crippen LogP contribution in [0.3, 0.4) is 0 Å². The van der Waals surface area contributed by atoms with Crippen molar-refractivity contribution in [2.45, 2.75) is 9.79 Å². The fourth-order valence-electron chi connectivity index (χ4n) is 1.95. The normalized spacial score (nSPS) is 12.6. The number of anilines is 1. The maximum Gasteiger partial charge on any atom is 0.283 e. The van der Waals surface area contributed by atoms with Crippen LogP contribution in [0.1, 0.15) is 0 Å². The monoisotopic (exact) mass is 327 g/mol. The number of hydrogen-bond acceptors (Lipinski definition) is 7. The van der Waals surface area contributed by atoms with Gasteiger partial charge in [0.25, 0.3) is 36.3 Å². The van der Waals surface area contributed by atoms with Crippen LogP contribution in [-0.4, -0.2) is 32.9 Å². The van der Waals surface area contributed by atoms with E-state index in [4.69, 9.17) is 5.73 Å². The number of rotatable bonds is 4. The van der Waals surface area contributed by atoms with E-state index in [2.05, 4.69) is 8.20 Å². The predicted molar refractivity (Wildman–Crippen MR) is 82.0 cm³/mol. The smallest absolute Gasteiger partial charge is 0.283 e. The molecule has 0 aliphatic rings. The van der Waals surface area contributed by atoms with E-state index >= 15 is 0 Å². The zero-order valence-corrected chi connectivity index (χ0v) is 12.9. The largest absolute Gasteiger partial charge is 0.399 e. The molecule has 110 valence electrons. The number of nitrogens with two attached hydrogens (primary N) is 1. The van der Waals surface area contributed by atoms with E-state index in [0.717, 1.165) is 16.1 Å². The molecule has 2 aromatic rings. The third-order valence-electron chi connectivity index (χ3n) is 2.92. The summed E-state index contributed by atoms with van der Waals surface area (Å²) in [5.41, 5.74) is 5.77. The van der Waals surface area contributed by atoms with Crippen LogP contribution in [0.5, 0.6) is 0 Å². The molecule has 7 nitrogen and oxygen atoms in total. The van der Waals surface area contributed by atoms with E-state index in [-0.39, 0.29) is 26.3 Å². The highest BCUT2D eigenvalue weighted by Gasteiger charge is 2.22. The zero-order valence-electron chi connectivity index (χ0n) is 11.2. The summed E-state index contributed by atoms with van der Waals surface area (Å²) in [6.07, 6.45) is 0. The lowest BCUT2D eigenvalue weighted by atomic mass is 10.1. The highest BCUT2D eigenvalue weighted by molar-refractivity contribution is 7.88. The van der Waals surface area contributed by atoms with Crippen molar-refractivity contribution in [3.8, 4) is 0 Å². The molecule has 2 N–H and O–H groups in total. The van der Waals surface area contributed by atoms with E-state index in [1.54, 1.807) is 0 Å². The van der Waals surface area contributed by atoms with Gasteiger partial charge in [0.05, 0.1) is 0 Å². The van der Waals surface area contributed by atoms with E-state index in [1.165, 1.54) is 30.3 Å². The molecule has 0 atom stereocenters. The Morgan fingerprint density at radius 3 is 2.00 bits per heavy atom. The number of benzene rings is 2. The maximum atomic E-state index is 11.9. The summed E-state index contributed by atoms with van der Waals surface area (Å²) in [4.78, 5) is -0.365. The second-order valence-corrected chi connectivity index (χ2v) is 7.47. The van der Waals surface area contributed by atoms with Crippen molar-refractivity contribution < 1.29 is 25.0 Å². The van der Waals surface area contributed by atoms with Gasteiger partial charge in [-0.05, 0) is 18.2 Å². The third-order valence-corrected chi connectivity index (χ3v) is 5.57. The van der Waals surface area contributed by atoms with Gasteiger partial charge in [0, 0.05) is 16.5 Å². The fourth-order valence-corrected chi connectivity index (χ4v) is 3.72. The van der Waals surface area contributed by atoms with Gasteiger partial charge < -0.3 is 13.9 Å². The average Bonchev–Trinajstić information content (AvgIpc) is 2.45. The van der Waals surface area contributed by atoms with Gasteiger partial charge in [-0.15, -0.1) is 0 Å². The first-order chi connectivity index (χ1) is 9.73. The molecule has 0 unspecified atom stereocenters. The second-order valence-electron chi connectivity index (χ2n) is 4.11. The molecule has 0 heterocycles. The Hall–Kier alpha value is -1.55. The van der Waals surface area contributed by atoms with E-state index < -0.39 is 20.2 Å². The first-order valence-electron chi connectivity index (χ1n) is 5.66. The van der Waals surface area contributed by atoms with Crippen LogP contribution in [-0.2, 0) is 28.4 Å². The minimum Gasteiger partial charge on any atom is -0.399 e. The van der Waals surface area contributed by atoms with Crippen molar-refractivity contribution in [2.75, 3.05) is 5.73 Å². The second kappa shape index (κ2) is 5.34. The summed E-state index contributed by atoms with van der Waals surface area (Å²) in [5.74, 6) is 0. The molecule has 0 spiro atoms. The molecule has 21 heavy (non-hydrogen) atoms. The van der Waals surface area contributed by atoms with E-state index in [9.17, 15) is 16.8 Å². The van der Waals surface area contributed by atoms with Crippen molar-refractivity contribution in [1.29, 1.82) is 0 Å². The van der Waals surface area contributed by atoms with Crippen molar-refractivity contribution in [2.24, 2.45) is 0 Å². The molecular weight excluding hydrogens is 316 g/mol. The molecule has 0 aliphatic carbocycles. The van der Waals surface area contributed by atoms with Gasteiger partial charge in [0.1, 0.15) is 9.79 Å². The Balaban J connectivity index is 2.99. The van der Waals surface area contributed by atoms with Crippen LogP contribution in [0.4, 0.5) is 5.69 Å². The topological polar surface area (TPSA) is 113 Å². The molecule has 0 fully saturated rings. The summed E-state index contributed by atoms with van der Waals surface area (Å²) in [6.45, 7) is 0. The molecule has 0 aromatic heterocycles. The number of fused-ring (bicyclic) bond motifs is 1. The summed E-state index contributed by atoms with van der Waals surface area (Å²) in [6, 6.07) is 6.78. The molecule has 0 radical (unpaired) electrons. The molecule has 11 heteroatoms. The summed E-state index contributed by atoms with van der Waals surface area (Å²) in [7, 11) is -6.00. The van der Waals surface area contributed by atoms with Gasteiger partial charge in [-0.1, -0.05) is 12.1 Å². The van der Waals surface area contributed by atoms with Crippen LogP contribution in [0.25, 0.3) is 10.8 Å². The lowest BCUT2D eigenvalue weighted by Crippen LogP contribution is -2.08. The Bertz CT molecular complexity index is 911. The van der Waals surface area contributed by atoms with Crippen molar-refractivity contribution >= 4 is 52.8 Å². The van der Waals surface area contributed by atoms with Gasteiger partial charge in [-0.2, -0.15) is 16.8 Å². The lowest BCUT2D eigenvalue weighted by Gasteiger charge is -2.11. The quantitative estimate of drug-likeness (QED) is 0.562. The van der Waals surface area contributed by atoms with Gasteiger partial charge in [-0.25, -0.2) is 0 Å². The van der Waals surface area contributed by atoms with E-state index in [0.29, 0.717) is 0 Å². The average molecular weight is 327 g/mol. The Kier molecular flexibility index (Phi) is 4.02. The van der Waals surface area contributed by atoms with Crippen LogP contribution < -0.4 is 5.73 Å². The molecule has 0 bridgehead atoms. The fraction of sp³-hybridized carbons (Fsp3) is 0. The molecule has 0 saturated heterocycles. The molecule has 2 rings (SSSR count). The van der Waals surface area contributed by atoms with Crippen LogP contribution in [0, 0.1) is 0 Å². The molecule has 0 saturated carbocycles. The predicted octanol–water partition coefficient (Wildman–Crippen LogP) is -1.07. The van der Waals surface area contributed by atoms with Gasteiger partial charge in [-0.3, -0.25) is 0 Å². The Morgan fingerprint density at radius 2 is 1.43 bits per heavy atom. The molecule has 0 aliphatic heterocycles. The van der Waals surface area contributed by atoms with Crippen molar-refractivity contribution in [3.63, 3.8) is 0 Å². The minimum absolute atomic E-state index is 0.0943. The maximum absolute atomic E-state index is 11.9.